The molecule has 0 radical (unpaired) electrons. The van der Waals surface area contributed by atoms with Gasteiger partial charge in [0, 0.05) is 0 Å². The maximum absolute atomic E-state index is 13.2. The molecule has 0 bridgehead atoms. The third-order valence-corrected chi connectivity index (χ3v) is 3.01. The normalized spacial score (nSPS) is 10.6. The predicted octanol–water partition coefficient (Wildman–Crippen LogP) is 3.43. The highest BCUT2D eigenvalue weighted by Gasteiger charge is 2.10. The molecule has 2 aromatic rings. The first kappa shape index (κ1) is 15.4. The summed E-state index contributed by atoms with van der Waals surface area (Å²) >= 11 is 0. The van der Waals surface area contributed by atoms with E-state index in [1.165, 1.54) is 43.5 Å². The largest absolute Gasteiger partial charge is 0.496 e. The van der Waals surface area contributed by atoms with E-state index in [0.717, 1.165) is 6.07 Å². The van der Waals surface area contributed by atoms with Gasteiger partial charge in [-0.15, -0.1) is 0 Å². The Morgan fingerprint density at radius 2 is 1.82 bits per heavy atom. The number of ketones is 1. The van der Waals surface area contributed by atoms with Gasteiger partial charge >= 0.3 is 5.97 Å². The van der Waals surface area contributed by atoms with E-state index in [1.807, 2.05) is 0 Å². The van der Waals surface area contributed by atoms with E-state index in [2.05, 4.69) is 0 Å². The van der Waals surface area contributed by atoms with Crippen molar-refractivity contribution in [1.82, 2.24) is 0 Å². The van der Waals surface area contributed by atoms with Crippen molar-refractivity contribution in [2.45, 2.75) is 0 Å². The molecule has 0 heterocycles. The summed E-state index contributed by atoms with van der Waals surface area (Å²) in [4.78, 5) is 22.8. The van der Waals surface area contributed by atoms with Gasteiger partial charge < -0.3 is 9.84 Å². The Bertz CT molecular complexity index is 733. The lowest BCUT2D eigenvalue weighted by atomic mass is 10.1. The van der Waals surface area contributed by atoms with E-state index in [-0.39, 0.29) is 16.9 Å². The van der Waals surface area contributed by atoms with Crippen molar-refractivity contribution in [1.29, 1.82) is 0 Å². The van der Waals surface area contributed by atoms with Crippen LogP contribution < -0.4 is 4.74 Å². The molecule has 0 saturated heterocycles. The van der Waals surface area contributed by atoms with Crippen molar-refractivity contribution in [2.24, 2.45) is 0 Å². The van der Waals surface area contributed by atoms with Crippen molar-refractivity contribution < 1.29 is 23.8 Å². The maximum atomic E-state index is 13.2. The van der Waals surface area contributed by atoms with Crippen LogP contribution in [0.1, 0.15) is 26.3 Å². The van der Waals surface area contributed by atoms with E-state index in [4.69, 9.17) is 9.84 Å². The smallest absolute Gasteiger partial charge is 0.335 e. The molecule has 0 unspecified atom stereocenters. The first-order valence-electron chi connectivity index (χ1n) is 6.40. The van der Waals surface area contributed by atoms with Crippen LogP contribution in [0.4, 0.5) is 4.39 Å². The summed E-state index contributed by atoms with van der Waals surface area (Å²) in [6.45, 7) is 0. The SMILES string of the molecule is COc1ccc(F)cc1C(=O)/C=C/c1ccc(C(=O)O)cc1. The average molecular weight is 300 g/mol. The Balaban J connectivity index is 2.21. The van der Waals surface area contributed by atoms with Gasteiger partial charge in [0.2, 0.25) is 0 Å². The van der Waals surface area contributed by atoms with E-state index < -0.39 is 17.6 Å². The fourth-order valence-electron chi connectivity index (χ4n) is 1.87. The van der Waals surface area contributed by atoms with E-state index in [0.29, 0.717) is 5.56 Å². The second kappa shape index (κ2) is 6.67. The number of rotatable bonds is 5. The van der Waals surface area contributed by atoms with Crippen molar-refractivity contribution in [3.63, 3.8) is 0 Å². The van der Waals surface area contributed by atoms with Crippen LogP contribution in [-0.4, -0.2) is 24.0 Å². The zero-order valence-electron chi connectivity index (χ0n) is 11.7. The molecule has 112 valence electrons. The summed E-state index contributed by atoms with van der Waals surface area (Å²) in [6.07, 6.45) is 2.81. The van der Waals surface area contributed by atoms with Gasteiger partial charge in [-0.2, -0.15) is 0 Å². The Morgan fingerprint density at radius 1 is 1.14 bits per heavy atom. The number of hydrogen-bond acceptors (Lipinski definition) is 3. The molecular weight excluding hydrogens is 287 g/mol. The number of benzene rings is 2. The summed E-state index contributed by atoms with van der Waals surface area (Å²) in [5.41, 5.74) is 0.949. The molecule has 2 aromatic carbocycles. The Morgan fingerprint density at radius 3 is 2.41 bits per heavy atom. The van der Waals surface area contributed by atoms with Gasteiger partial charge in [-0.1, -0.05) is 18.2 Å². The summed E-state index contributed by atoms with van der Waals surface area (Å²) < 4.78 is 18.3. The lowest BCUT2D eigenvalue weighted by Gasteiger charge is -2.05. The van der Waals surface area contributed by atoms with Gasteiger partial charge in [0.25, 0.3) is 0 Å². The molecule has 22 heavy (non-hydrogen) atoms. The lowest BCUT2D eigenvalue weighted by Crippen LogP contribution is -1.99. The van der Waals surface area contributed by atoms with Crippen LogP contribution in [-0.2, 0) is 0 Å². The third-order valence-electron chi connectivity index (χ3n) is 3.01. The Hall–Kier alpha value is -2.95. The number of hydrogen-bond donors (Lipinski definition) is 1. The van der Waals surface area contributed by atoms with Gasteiger partial charge in [-0.25, -0.2) is 9.18 Å². The number of aromatic carboxylic acids is 1. The standard InChI is InChI=1S/C17H13FO4/c1-22-16-9-7-13(18)10-14(16)15(19)8-4-11-2-5-12(6-3-11)17(20)21/h2-10H,1H3,(H,20,21)/b8-4+. The molecule has 0 amide bonds. The summed E-state index contributed by atoms with van der Waals surface area (Å²) in [5, 5.41) is 8.80. The zero-order chi connectivity index (χ0) is 16.1. The van der Waals surface area contributed by atoms with Crippen LogP contribution in [0.5, 0.6) is 5.75 Å². The van der Waals surface area contributed by atoms with Crippen molar-refractivity contribution in [3.05, 3.63) is 71.0 Å². The Kier molecular flexibility index (Phi) is 4.68. The summed E-state index contributed by atoms with van der Waals surface area (Å²) in [7, 11) is 1.40. The molecule has 4 nitrogen and oxygen atoms in total. The minimum atomic E-state index is -1.02. The number of carboxylic acid groups (broad SMARTS) is 1. The van der Waals surface area contributed by atoms with Crippen LogP contribution in [0, 0.1) is 5.82 Å². The number of halogens is 1. The first-order valence-corrected chi connectivity index (χ1v) is 6.40. The van der Waals surface area contributed by atoms with Gasteiger partial charge in [-0.05, 0) is 42.0 Å². The molecule has 5 heteroatoms. The van der Waals surface area contributed by atoms with Gasteiger partial charge in [-0.3, -0.25) is 4.79 Å². The quantitative estimate of drug-likeness (QED) is 0.678. The highest BCUT2D eigenvalue weighted by Crippen LogP contribution is 2.20. The summed E-state index contributed by atoms with van der Waals surface area (Å²) in [6, 6.07) is 9.75. The van der Waals surface area contributed by atoms with Crippen LogP contribution in [0.2, 0.25) is 0 Å². The molecule has 0 aliphatic heterocycles. The van der Waals surface area contributed by atoms with E-state index >= 15 is 0 Å². The Labute approximate surface area is 126 Å². The number of carbonyl (C=O) groups is 2. The van der Waals surface area contributed by atoms with E-state index in [1.54, 1.807) is 12.1 Å². The molecule has 0 aliphatic rings. The fraction of sp³-hybridized carbons (Fsp3) is 0.0588. The number of allylic oxidation sites excluding steroid dienone is 1. The maximum Gasteiger partial charge on any atom is 0.335 e. The van der Waals surface area contributed by atoms with Crippen molar-refractivity contribution >= 4 is 17.8 Å². The van der Waals surface area contributed by atoms with E-state index in [9.17, 15) is 14.0 Å². The lowest BCUT2D eigenvalue weighted by molar-refractivity contribution is 0.0696. The van der Waals surface area contributed by atoms with Crippen LogP contribution in [0.25, 0.3) is 6.08 Å². The number of methoxy groups -OCH3 is 1. The second-order valence-electron chi connectivity index (χ2n) is 4.47. The van der Waals surface area contributed by atoms with Crippen molar-refractivity contribution in [3.8, 4) is 5.75 Å². The molecule has 0 spiro atoms. The van der Waals surface area contributed by atoms with Crippen LogP contribution in [0.3, 0.4) is 0 Å². The monoisotopic (exact) mass is 300 g/mol. The molecule has 1 N–H and O–H groups in total. The first-order chi connectivity index (χ1) is 10.5. The molecule has 0 fully saturated rings. The topological polar surface area (TPSA) is 63.6 Å². The van der Waals surface area contributed by atoms with Crippen LogP contribution >= 0.6 is 0 Å². The molecular formula is C17H13FO4. The van der Waals surface area contributed by atoms with Crippen LogP contribution in [0.15, 0.2) is 48.5 Å². The third kappa shape index (κ3) is 3.58. The molecule has 0 aliphatic carbocycles. The molecule has 0 atom stereocenters. The summed E-state index contributed by atoms with van der Waals surface area (Å²) in [5.74, 6) is -1.66. The highest BCUT2D eigenvalue weighted by molar-refractivity contribution is 6.08. The predicted molar refractivity (Wildman–Crippen MR) is 79.7 cm³/mol. The number of carbonyl (C=O) groups excluding carboxylic acids is 1. The molecule has 0 aromatic heterocycles. The minimum absolute atomic E-state index is 0.126. The molecule has 0 saturated carbocycles. The molecule has 2 rings (SSSR count). The minimum Gasteiger partial charge on any atom is -0.496 e. The fourth-order valence-corrected chi connectivity index (χ4v) is 1.87. The number of carboxylic acids is 1. The number of ether oxygens (including phenoxy) is 1. The van der Waals surface area contributed by atoms with Gasteiger partial charge in [0.1, 0.15) is 11.6 Å². The second-order valence-corrected chi connectivity index (χ2v) is 4.47. The highest BCUT2D eigenvalue weighted by atomic mass is 19.1. The average Bonchev–Trinajstić information content (AvgIpc) is 2.53. The van der Waals surface area contributed by atoms with Gasteiger partial charge in [0.15, 0.2) is 5.78 Å². The van der Waals surface area contributed by atoms with Gasteiger partial charge in [0.05, 0.1) is 18.2 Å². The zero-order valence-corrected chi connectivity index (χ0v) is 11.7. The van der Waals surface area contributed by atoms with Crippen molar-refractivity contribution in [2.75, 3.05) is 7.11 Å².